The molecule has 2 nitrogen and oxygen atoms in total. The third kappa shape index (κ3) is 3.35. The summed E-state index contributed by atoms with van der Waals surface area (Å²) in [7, 11) is 0. The molecule has 0 saturated carbocycles. The molecular weight excluding hydrogens is 186 g/mol. The molecule has 1 aromatic carbocycles. The Hall–Kier alpha value is -1.20. The van der Waals surface area contributed by atoms with Crippen molar-refractivity contribution in [3.8, 4) is 11.8 Å². The average Bonchev–Trinajstić information content (AvgIpc) is 2.16. The van der Waals surface area contributed by atoms with Gasteiger partial charge in [0.2, 0.25) is 0 Å². The Morgan fingerprint density at radius 2 is 2.08 bits per heavy atom. The second-order valence-electron chi connectivity index (χ2n) is 2.72. The maximum absolute atomic E-state index is 8.39. The van der Waals surface area contributed by atoms with E-state index in [1.54, 1.807) is 0 Å². The normalized spacial score (nSPS) is 11.8. The van der Waals surface area contributed by atoms with Crippen LogP contribution < -0.4 is 4.74 Å². The van der Waals surface area contributed by atoms with Crippen LogP contribution in [0.5, 0.6) is 5.75 Å². The summed E-state index contributed by atoms with van der Waals surface area (Å²) in [5, 5.41) is 7.81. The van der Waals surface area contributed by atoms with E-state index in [0.717, 1.165) is 5.75 Å². The molecule has 0 aliphatic heterocycles. The van der Waals surface area contributed by atoms with Gasteiger partial charge in [0.15, 0.2) is 5.38 Å². The number of halogens is 1. The van der Waals surface area contributed by atoms with Gasteiger partial charge in [-0.1, -0.05) is 17.7 Å². The van der Waals surface area contributed by atoms with Crippen LogP contribution in [-0.2, 0) is 0 Å². The zero-order valence-corrected chi connectivity index (χ0v) is 8.08. The van der Waals surface area contributed by atoms with Crippen molar-refractivity contribution in [2.24, 2.45) is 0 Å². The van der Waals surface area contributed by atoms with E-state index in [1.165, 1.54) is 5.56 Å². The molecule has 13 heavy (non-hydrogen) atoms. The van der Waals surface area contributed by atoms with Crippen LogP contribution in [0.3, 0.4) is 0 Å². The maximum Gasteiger partial charge on any atom is 0.154 e. The van der Waals surface area contributed by atoms with Gasteiger partial charge in [-0.05, 0) is 19.1 Å². The highest BCUT2D eigenvalue weighted by atomic mass is 35.5. The maximum atomic E-state index is 8.39. The van der Waals surface area contributed by atoms with Gasteiger partial charge in [0.05, 0.1) is 6.07 Å². The zero-order valence-electron chi connectivity index (χ0n) is 7.33. The summed E-state index contributed by atoms with van der Waals surface area (Å²) < 4.78 is 5.26. The first-order valence-electron chi connectivity index (χ1n) is 3.95. The third-order valence-corrected chi connectivity index (χ3v) is 1.78. The molecule has 0 aliphatic carbocycles. The van der Waals surface area contributed by atoms with Crippen molar-refractivity contribution in [1.82, 2.24) is 0 Å². The van der Waals surface area contributed by atoms with Crippen LogP contribution in [0.15, 0.2) is 24.3 Å². The first kappa shape index (κ1) is 9.88. The Morgan fingerprint density at radius 1 is 1.46 bits per heavy atom. The first-order valence-corrected chi connectivity index (χ1v) is 4.39. The minimum atomic E-state index is -0.582. The topological polar surface area (TPSA) is 33.0 Å². The summed E-state index contributed by atoms with van der Waals surface area (Å²) in [6, 6.07) is 9.50. The van der Waals surface area contributed by atoms with Gasteiger partial charge in [0.25, 0.3) is 0 Å². The van der Waals surface area contributed by atoms with E-state index in [1.807, 2.05) is 37.3 Å². The zero-order chi connectivity index (χ0) is 9.68. The summed E-state index contributed by atoms with van der Waals surface area (Å²) in [5.41, 5.74) is 1.18. The minimum absolute atomic E-state index is 0.223. The summed E-state index contributed by atoms with van der Waals surface area (Å²) >= 11 is 5.56. The van der Waals surface area contributed by atoms with Crippen molar-refractivity contribution in [1.29, 1.82) is 5.26 Å². The fourth-order valence-corrected chi connectivity index (χ4v) is 0.904. The number of nitrogens with zero attached hydrogens (tertiary/aromatic N) is 1. The second kappa shape index (κ2) is 4.74. The molecule has 0 heterocycles. The van der Waals surface area contributed by atoms with Gasteiger partial charge in [0, 0.05) is 0 Å². The third-order valence-electron chi connectivity index (χ3n) is 1.56. The van der Waals surface area contributed by atoms with Crippen molar-refractivity contribution >= 4 is 11.6 Å². The van der Waals surface area contributed by atoms with Gasteiger partial charge in [0.1, 0.15) is 12.4 Å². The molecular formula is C10H10ClNO. The van der Waals surface area contributed by atoms with E-state index in [0.29, 0.717) is 0 Å². The molecule has 3 heteroatoms. The average molecular weight is 196 g/mol. The lowest BCUT2D eigenvalue weighted by Gasteiger charge is -2.05. The quantitative estimate of drug-likeness (QED) is 0.695. The van der Waals surface area contributed by atoms with Gasteiger partial charge < -0.3 is 4.74 Å². The lowest BCUT2D eigenvalue weighted by atomic mass is 10.2. The first-order chi connectivity index (χ1) is 6.22. The smallest absolute Gasteiger partial charge is 0.154 e. The standard InChI is InChI=1S/C10H10ClNO/c1-8-2-4-10(5-3-8)13-7-9(11)6-12/h2-5,9H,7H2,1H3. The molecule has 1 unspecified atom stereocenters. The highest BCUT2D eigenvalue weighted by Gasteiger charge is 2.02. The molecule has 0 bridgehead atoms. The van der Waals surface area contributed by atoms with Gasteiger partial charge in [-0.3, -0.25) is 0 Å². The number of ether oxygens (including phenoxy) is 1. The van der Waals surface area contributed by atoms with Crippen LogP contribution >= 0.6 is 11.6 Å². The lowest BCUT2D eigenvalue weighted by molar-refractivity contribution is 0.329. The number of rotatable bonds is 3. The Balaban J connectivity index is 2.47. The number of hydrogen-bond donors (Lipinski definition) is 0. The van der Waals surface area contributed by atoms with E-state index in [2.05, 4.69) is 0 Å². The summed E-state index contributed by atoms with van der Waals surface area (Å²) in [4.78, 5) is 0. The Labute approximate surface area is 82.7 Å². The molecule has 0 N–H and O–H groups in total. The Bertz CT molecular complexity index is 302. The summed E-state index contributed by atoms with van der Waals surface area (Å²) in [6.07, 6.45) is 0. The van der Waals surface area contributed by atoms with Gasteiger partial charge >= 0.3 is 0 Å². The molecule has 0 spiro atoms. The number of nitriles is 1. The molecule has 1 atom stereocenters. The number of alkyl halides is 1. The Morgan fingerprint density at radius 3 is 2.62 bits per heavy atom. The fourth-order valence-electron chi connectivity index (χ4n) is 0.841. The van der Waals surface area contributed by atoms with E-state index in [4.69, 9.17) is 21.6 Å². The monoisotopic (exact) mass is 195 g/mol. The van der Waals surface area contributed by atoms with Crippen LogP contribution in [-0.4, -0.2) is 12.0 Å². The molecule has 0 radical (unpaired) electrons. The Kier molecular flexibility index (Phi) is 3.60. The predicted octanol–water partition coefficient (Wildman–Crippen LogP) is 2.50. The van der Waals surface area contributed by atoms with Crippen LogP contribution in [0.2, 0.25) is 0 Å². The van der Waals surface area contributed by atoms with Crippen molar-refractivity contribution in [3.63, 3.8) is 0 Å². The van der Waals surface area contributed by atoms with Crippen molar-refractivity contribution in [2.45, 2.75) is 12.3 Å². The molecule has 1 rings (SSSR count). The van der Waals surface area contributed by atoms with Crippen molar-refractivity contribution in [2.75, 3.05) is 6.61 Å². The van der Waals surface area contributed by atoms with Gasteiger partial charge in [-0.2, -0.15) is 5.26 Å². The van der Waals surface area contributed by atoms with Crippen LogP contribution in [0.1, 0.15) is 5.56 Å². The highest BCUT2D eigenvalue weighted by molar-refractivity contribution is 6.22. The van der Waals surface area contributed by atoms with E-state index in [9.17, 15) is 0 Å². The van der Waals surface area contributed by atoms with Crippen LogP contribution in [0, 0.1) is 18.3 Å². The van der Waals surface area contributed by atoms with E-state index < -0.39 is 5.38 Å². The second-order valence-corrected chi connectivity index (χ2v) is 3.25. The number of hydrogen-bond acceptors (Lipinski definition) is 2. The summed E-state index contributed by atoms with van der Waals surface area (Å²) in [6.45, 7) is 2.23. The molecule has 1 aromatic rings. The number of benzene rings is 1. The number of aryl methyl sites for hydroxylation is 1. The van der Waals surface area contributed by atoms with Gasteiger partial charge in [-0.15, -0.1) is 11.6 Å². The SMILES string of the molecule is Cc1ccc(OCC(Cl)C#N)cc1. The molecule has 0 aromatic heterocycles. The molecule has 0 fully saturated rings. The molecule has 0 amide bonds. The minimum Gasteiger partial charge on any atom is -0.491 e. The van der Waals surface area contributed by atoms with Gasteiger partial charge in [-0.25, -0.2) is 0 Å². The molecule has 0 saturated heterocycles. The van der Waals surface area contributed by atoms with Crippen molar-refractivity contribution in [3.05, 3.63) is 29.8 Å². The highest BCUT2D eigenvalue weighted by Crippen LogP contribution is 2.12. The largest absolute Gasteiger partial charge is 0.491 e. The predicted molar refractivity (Wildman–Crippen MR) is 51.9 cm³/mol. The van der Waals surface area contributed by atoms with Crippen LogP contribution in [0.4, 0.5) is 0 Å². The fraction of sp³-hybridized carbons (Fsp3) is 0.300. The molecule has 0 aliphatic rings. The van der Waals surface area contributed by atoms with E-state index in [-0.39, 0.29) is 6.61 Å². The summed E-state index contributed by atoms with van der Waals surface area (Å²) in [5.74, 6) is 0.742. The van der Waals surface area contributed by atoms with Crippen molar-refractivity contribution < 1.29 is 4.74 Å². The lowest BCUT2D eigenvalue weighted by Crippen LogP contribution is -2.08. The van der Waals surface area contributed by atoms with Crippen LogP contribution in [0.25, 0.3) is 0 Å². The van der Waals surface area contributed by atoms with E-state index >= 15 is 0 Å². The molecule has 68 valence electrons.